The van der Waals surface area contributed by atoms with Crippen LogP contribution < -0.4 is 0 Å². The zero-order chi connectivity index (χ0) is 6.85. The first-order valence-corrected chi connectivity index (χ1v) is 3.00. The van der Waals surface area contributed by atoms with Crippen LogP contribution in [-0.4, -0.2) is 10.1 Å². The molecule has 48 valence electrons. The maximum atomic E-state index is 9.07. The van der Waals surface area contributed by atoms with E-state index in [0.717, 1.165) is 0 Å². The van der Waals surface area contributed by atoms with E-state index in [4.69, 9.17) is 17.3 Å². The molecule has 9 heavy (non-hydrogen) atoms. The van der Waals surface area contributed by atoms with Crippen molar-refractivity contribution >= 4 is 12.2 Å². The largest absolute Gasteiger partial charge is 0.505 e. The predicted octanol–water partition coefficient (Wildman–Crippen LogP) is 1.76. The minimum Gasteiger partial charge on any atom is -0.505 e. The Bertz CT molecular complexity index is 266. The van der Waals surface area contributed by atoms with Crippen LogP contribution in [0, 0.1) is 11.4 Å². The smallest absolute Gasteiger partial charge is 0.152 e. The van der Waals surface area contributed by atoms with Gasteiger partial charge in [-0.25, -0.2) is 0 Å². The maximum Gasteiger partial charge on any atom is 0.152 e. The van der Waals surface area contributed by atoms with Crippen molar-refractivity contribution in [2.45, 2.75) is 6.92 Å². The highest BCUT2D eigenvalue weighted by molar-refractivity contribution is 7.71. The summed E-state index contributed by atoms with van der Waals surface area (Å²) in [4.78, 5) is 2.82. The molecule has 1 heterocycles. The van der Waals surface area contributed by atoms with Gasteiger partial charge in [0.05, 0.1) is 10.2 Å². The number of hydrogen-bond donors (Lipinski definition) is 2. The summed E-state index contributed by atoms with van der Waals surface area (Å²) in [5, 5.41) is 9.07. The van der Waals surface area contributed by atoms with Crippen LogP contribution in [0.4, 0.5) is 0 Å². The maximum absolute atomic E-state index is 9.07. The zero-order valence-electron chi connectivity index (χ0n) is 5.01. The molecule has 0 bridgehead atoms. The van der Waals surface area contributed by atoms with Crippen molar-refractivity contribution < 1.29 is 5.11 Å². The van der Waals surface area contributed by atoms with E-state index in [1.807, 2.05) is 0 Å². The first-order chi connectivity index (χ1) is 4.22. The lowest BCUT2D eigenvalue weighted by molar-refractivity contribution is 0.465. The van der Waals surface area contributed by atoms with Crippen LogP contribution in [0.5, 0.6) is 5.75 Å². The summed E-state index contributed by atoms with van der Waals surface area (Å²) in [7, 11) is 0. The summed E-state index contributed by atoms with van der Waals surface area (Å²) in [6.07, 6.45) is 1.71. The summed E-state index contributed by atoms with van der Waals surface area (Å²) in [6.45, 7) is 1.77. The monoisotopic (exact) mass is 141 g/mol. The topological polar surface area (TPSA) is 36.0 Å². The Kier molecular flexibility index (Phi) is 1.53. The number of pyridine rings is 1. The van der Waals surface area contributed by atoms with Gasteiger partial charge >= 0.3 is 0 Å². The van der Waals surface area contributed by atoms with Crippen molar-refractivity contribution in [3.8, 4) is 5.75 Å². The number of aromatic nitrogens is 1. The first kappa shape index (κ1) is 6.29. The van der Waals surface area contributed by atoms with Crippen molar-refractivity contribution in [3.63, 3.8) is 0 Å². The number of nitrogens with one attached hydrogen (secondary N) is 1. The number of rotatable bonds is 0. The normalized spacial score (nSPS) is 9.44. The van der Waals surface area contributed by atoms with Crippen LogP contribution in [0.15, 0.2) is 12.3 Å². The SMILES string of the molecule is Cc1[nH]ccc(=S)c1O. The van der Waals surface area contributed by atoms with Gasteiger partial charge in [0, 0.05) is 6.20 Å². The summed E-state index contributed by atoms with van der Waals surface area (Å²) in [5.41, 5.74) is 0.711. The second-order valence-corrected chi connectivity index (χ2v) is 2.26. The molecule has 0 aliphatic carbocycles. The van der Waals surface area contributed by atoms with Crippen LogP contribution in [0.2, 0.25) is 0 Å². The number of aryl methyl sites for hydroxylation is 1. The Labute approximate surface area is 58.2 Å². The number of aromatic amines is 1. The third kappa shape index (κ3) is 1.10. The molecular formula is C6H7NOS. The lowest BCUT2D eigenvalue weighted by Crippen LogP contribution is -1.79. The van der Waals surface area contributed by atoms with Gasteiger partial charge in [-0.15, -0.1) is 0 Å². The van der Waals surface area contributed by atoms with Gasteiger partial charge in [-0.1, -0.05) is 12.2 Å². The second kappa shape index (κ2) is 2.19. The molecule has 1 aromatic heterocycles. The fraction of sp³-hybridized carbons (Fsp3) is 0.167. The molecular weight excluding hydrogens is 134 g/mol. The van der Waals surface area contributed by atoms with E-state index in [1.54, 1.807) is 19.2 Å². The minimum atomic E-state index is 0.174. The van der Waals surface area contributed by atoms with Crippen LogP contribution in [0.25, 0.3) is 0 Å². The van der Waals surface area contributed by atoms with Gasteiger partial charge in [0.15, 0.2) is 5.75 Å². The third-order valence-electron chi connectivity index (χ3n) is 1.12. The lowest BCUT2D eigenvalue weighted by atomic mass is 10.3. The van der Waals surface area contributed by atoms with E-state index >= 15 is 0 Å². The van der Waals surface area contributed by atoms with Gasteiger partial charge < -0.3 is 10.1 Å². The Morgan fingerprint density at radius 1 is 1.67 bits per heavy atom. The quantitative estimate of drug-likeness (QED) is 0.540. The molecule has 1 rings (SSSR count). The van der Waals surface area contributed by atoms with E-state index < -0.39 is 0 Å². The fourth-order valence-corrected chi connectivity index (χ4v) is 0.796. The van der Waals surface area contributed by atoms with Gasteiger partial charge in [0.25, 0.3) is 0 Å². The molecule has 1 aromatic rings. The number of hydrogen-bond acceptors (Lipinski definition) is 2. The van der Waals surface area contributed by atoms with Crippen LogP contribution in [0.1, 0.15) is 5.69 Å². The Hall–Kier alpha value is -0.830. The molecule has 0 spiro atoms. The van der Waals surface area contributed by atoms with E-state index in [0.29, 0.717) is 10.2 Å². The zero-order valence-corrected chi connectivity index (χ0v) is 5.83. The average molecular weight is 141 g/mol. The molecule has 0 fully saturated rings. The minimum absolute atomic E-state index is 0.174. The van der Waals surface area contributed by atoms with E-state index in [-0.39, 0.29) is 5.75 Å². The molecule has 0 aliphatic rings. The molecule has 0 aromatic carbocycles. The average Bonchev–Trinajstić information content (AvgIpc) is 1.83. The highest BCUT2D eigenvalue weighted by Crippen LogP contribution is 2.12. The molecule has 0 aliphatic heterocycles. The molecule has 0 amide bonds. The molecule has 0 unspecified atom stereocenters. The molecule has 0 radical (unpaired) electrons. The van der Waals surface area contributed by atoms with Gasteiger partial charge in [-0.3, -0.25) is 0 Å². The molecule has 3 heteroatoms. The molecule has 2 N–H and O–H groups in total. The van der Waals surface area contributed by atoms with Gasteiger partial charge in [0.1, 0.15) is 0 Å². The Balaban J connectivity index is 3.43. The first-order valence-electron chi connectivity index (χ1n) is 2.59. The van der Waals surface area contributed by atoms with Crippen molar-refractivity contribution in [2.75, 3.05) is 0 Å². The van der Waals surface area contributed by atoms with E-state index in [9.17, 15) is 0 Å². The standard InChI is InChI=1S/C6H7NOS/c1-4-6(8)5(9)2-3-7-4/h2-3,8H,1H3,(H,7,9). The summed E-state index contributed by atoms with van der Waals surface area (Å²) in [5.74, 6) is 0.174. The van der Waals surface area contributed by atoms with E-state index in [1.165, 1.54) is 0 Å². The van der Waals surface area contributed by atoms with Crippen molar-refractivity contribution in [1.29, 1.82) is 0 Å². The molecule has 0 saturated carbocycles. The van der Waals surface area contributed by atoms with Crippen LogP contribution in [0.3, 0.4) is 0 Å². The van der Waals surface area contributed by atoms with Crippen molar-refractivity contribution in [2.24, 2.45) is 0 Å². The number of aromatic hydroxyl groups is 1. The van der Waals surface area contributed by atoms with Crippen molar-refractivity contribution in [1.82, 2.24) is 4.98 Å². The summed E-state index contributed by atoms with van der Waals surface area (Å²) < 4.78 is 0.492. The second-order valence-electron chi connectivity index (χ2n) is 1.82. The van der Waals surface area contributed by atoms with Gasteiger partial charge in [0.2, 0.25) is 0 Å². The number of H-pyrrole nitrogens is 1. The highest BCUT2D eigenvalue weighted by Gasteiger charge is 1.92. The highest BCUT2D eigenvalue weighted by atomic mass is 32.1. The van der Waals surface area contributed by atoms with Gasteiger partial charge in [-0.2, -0.15) is 0 Å². The lowest BCUT2D eigenvalue weighted by Gasteiger charge is -1.94. The fourth-order valence-electron chi connectivity index (χ4n) is 0.574. The van der Waals surface area contributed by atoms with Crippen LogP contribution in [-0.2, 0) is 0 Å². The Morgan fingerprint density at radius 2 is 2.33 bits per heavy atom. The molecule has 2 nitrogen and oxygen atoms in total. The Morgan fingerprint density at radius 3 is 2.78 bits per heavy atom. The summed E-state index contributed by atoms with van der Waals surface area (Å²) in [6, 6.07) is 1.65. The van der Waals surface area contributed by atoms with Crippen LogP contribution >= 0.6 is 12.2 Å². The van der Waals surface area contributed by atoms with E-state index in [2.05, 4.69) is 4.98 Å². The van der Waals surface area contributed by atoms with Gasteiger partial charge in [-0.05, 0) is 13.0 Å². The summed E-state index contributed by atoms with van der Waals surface area (Å²) >= 11 is 4.77. The third-order valence-corrected chi connectivity index (χ3v) is 1.45. The predicted molar refractivity (Wildman–Crippen MR) is 38.0 cm³/mol. The molecule has 0 atom stereocenters. The molecule has 0 saturated heterocycles. The van der Waals surface area contributed by atoms with Crippen molar-refractivity contribution in [3.05, 3.63) is 22.5 Å².